The lowest BCUT2D eigenvalue weighted by molar-refractivity contribution is 0.147. The van der Waals surface area contributed by atoms with Crippen LogP contribution in [0.5, 0.6) is 5.75 Å². The Morgan fingerprint density at radius 1 is 1.26 bits per heavy atom. The van der Waals surface area contributed by atoms with Crippen LogP contribution < -0.4 is 10.1 Å². The van der Waals surface area contributed by atoms with Gasteiger partial charge in [-0.2, -0.15) is 4.98 Å². The lowest BCUT2D eigenvalue weighted by atomic mass is 10.0. The zero-order valence-corrected chi connectivity index (χ0v) is 15.3. The first kappa shape index (κ1) is 17.4. The molecule has 1 N–H and O–H groups in total. The van der Waals surface area contributed by atoms with Crippen LogP contribution in [0.15, 0.2) is 53.1 Å². The number of nitrogens with one attached hydrogen (secondary N) is 1. The van der Waals surface area contributed by atoms with Crippen LogP contribution in [0, 0.1) is 0 Å². The van der Waals surface area contributed by atoms with Crippen LogP contribution in [-0.4, -0.2) is 41.3 Å². The number of ether oxygens (including phenoxy) is 1. The van der Waals surface area contributed by atoms with E-state index in [1.165, 1.54) is 0 Å². The molecule has 27 heavy (non-hydrogen) atoms. The average molecular weight is 385 g/mol. The molecule has 0 bridgehead atoms. The Hall–Kier alpha value is -3.06. The highest BCUT2D eigenvalue weighted by Crippen LogP contribution is 2.31. The number of urea groups is 1. The summed E-state index contributed by atoms with van der Waals surface area (Å²) in [6, 6.07) is 14.5. The van der Waals surface area contributed by atoms with E-state index < -0.39 is 0 Å². The summed E-state index contributed by atoms with van der Waals surface area (Å²) in [4.78, 5) is 18.5. The standard InChI is InChI=1S/C19H17ClN4O3/c1-26-16-8-7-14(20)9-15(16)21-19(25)24-10-13(11-24)18-22-17(23-27-18)12-5-3-2-4-6-12/h2-9,13H,10-11H2,1H3,(H,21,25). The van der Waals surface area contributed by atoms with Gasteiger partial charge in [0.1, 0.15) is 5.75 Å². The molecule has 1 aliphatic rings. The summed E-state index contributed by atoms with van der Waals surface area (Å²) in [6.07, 6.45) is 0. The van der Waals surface area contributed by atoms with Gasteiger partial charge in [0.25, 0.3) is 0 Å². The fourth-order valence-electron chi connectivity index (χ4n) is 2.88. The first-order valence-electron chi connectivity index (χ1n) is 8.42. The summed E-state index contributed by atoms with van der Waals surface area (Å²) < 4.78 is 10.6. The van der Waals surface area contributed by atoms with Gasteiger partial charge in [-0.25, -0.2) is 4.79 Å². The zero-order valence-electron chi connectivity index (χ0n) is 14.6. The first-order chi connectivity index (χ1) is 13.1. The Kier molecular flexibility index (Phi) is 4.68. The van der Waals surface area contributed by atoms with Crippen LogP contribution in [0.1, 0.15) is 11.8 Å². The average Bonchev–Trinajstić information content (AvgIpc) is 3.11. The normalized spacial score (nSPS) is 13.9. The number of carbonyl (C=O) groups excluding carboxylic acids is 1. The van der Waals surface area contributed by atoms with Gasteiger partial charge in [-0.1, -0.05) is 47.1 Å². The Morgan fingerprint density at radius 2 is 2.04 bits per heavy atom. The molecule has 2 heterocycles. The number of anilines is 1. The van der Waals surface area contributed by atoms with Gasteiger partial charge in [0.05, 0.1) is 18.7 Å². The number of carbonyl (C=O) groups is 1. The van der Waals surface area contributed by atoms with Crippen molar-refractivity contribution in [3.05, 3.63) is 59.4 Å². The third-order valence-electron chi connectivity index (χ3n) is 4.39. The van der Waals surface area contributed by atoms with Crippen LogP contribution >= 0.6 is 11.6 Å². The quantitative estimate of drug-likeness (QED) is 0.734. The molecule has 7 nitrogen and oxygen atoms in total. The third kappa shape index (κ3) is 3.59. The van der Waals surface area contributed by atoms with E-state index in [-0.39, 0.29) is 11.9 Å². The predicted octanol–water partition coefficient (Wildman–Crippen LogP) is 4.03. The van der Waals surface area contributed by atoms with Gasteiger partial charge in [-0.15, -0.1) is 0 Å². The largest absolute Gasteiger partial charge is 0.495 e. The number of nitrogens with zero attached hydrogens (tertiary/aromatic N) is 3. The Labute approximate surface area is 160 Å². The number of hydrogen-bond donors (Lipinski definition) is 1. The molecular formula is C19H17ClN4O3. The number of rotatable bonds is 4. The van der Waals surface area contributed by atoms with E-state index in [0.717, 1.165) is 5.56 Å². The first-order valence-corrected chi connectivity index (χ1v) is 8.80. The highest BCUT2D eigenvalue weighted by atomic mass is 35.5. The van der Waals surface area contributed by atoms with Gasteiger partial charge in [0.15, 0.2) is 0 Å². The number of benzene rings is 2. The van der Waals surface area contributed by atoms with E-state index >= 15 is 0 Å². The molecule has 8 heteroatoms. The van der Waals surface area contributed by atoms with Gasteiger partial charge >= 0.3 is 6.03 Å². The Balaban J connectivity index is 1.38. The molecule has 2 amide bonds. The van der Waals surface area contributed by atoms with Crippen LogP contribution in [-0.2, 0) is 0 Å². The molecule has 0 radical (unpaired) electrons. The molecule has 0 aliphatic carbocycles. The molecule has 1 fully saturated rings. The fourth-order valence-corrected chi connectivity index (χ4v) is 3.05. The second kappa shape index (κ2) is 7.28. The number of amides is 2. The SMILES string of the molecule is COc1ccc(Cl)cc1NC(=O)N1CC(c2nc(-c3ccccc3)no2)C1. The molecule has 138 valence electrons. The molecule has 1 aromatic heterocycles. The molecule has 2 aromatic carbocycles. The Bertz CT molecular complexity index is 955. The van der Waals surface area contributed by atoms with E-state index in [0.29, 0.717) is 41.3 Å². The smallest absolute Gasteiger partial charge is 0.321 e. The van der Waals surface area contributed by atoms with E-state index in [1.54, 1.807) is 30.2 Å². The van der Waals surface area contributed by atoms with Crippen molar-refractivity contribution in [1.82, 2.24) is 15.0 Å². The topological polar surface area (TPSA) is 80.5 Å². The number of hydrogen-bond acceptors (Lipinski definition) is 5. The summed E-state index contributed by atoms with van der Waals surface area (Å²) in [7, 11) is 1.54. The molecule has 3 aromatic rings. The summed E-state index contributed by atoms with van der Waals surface area (Å²) in [5, 5.41) is 7.36. The van der Waals surface area contributed by atoms with Crippen LogP contribution in [0.3, 0.4) is 0 Å². The number of likely N-dealkylation sites (tertiary alicyclic amines) is 1. The van der Waals surface area contributed by atoms with Gasteiger partial charge in [0, 0.05) is 23.7 Å². The lowest BCUT2D eigenvalue weighted by Crippen LogP contribution is -2.50. The predicted molar refractivity (Wildman–Crippen MR) is 101 cm³/mol. The highest BCUT2D eigenvalue weighted by molar-refractivity contribution is 6.31. The molecule has 0 spiro atoms. The molecular weight excluding hydrogens is 368 g/mol. The molecule has 4 rings (SSSR count). The van der Waals surface area contributed by atoms with Crippen molar-refractivity contribution in [2.24, 2.45) is 0 Å². The minimum Gasteiger partial charge on any atom is -0.495 e. The van der Waals surface area contributed by atoms with Gasteiger partial charge in [0.2, 0.25) is 11.7 Å². The van der Waals surface area contributed by atoms with Crippen molar-refractivity contribution in [2.75, 3.05) is 25.5 Å². The summed E-state index contributed by atoms with van der Waals surface area (Å²) in [6.45, 7) is 1.01. The minimum absolute atomic E-state index is 0.0296. The summed E-state index contributed by atoms with van der Waals surface area (Å²) in [5.41, 5.74) is 1.43. The Morgan fingerprint density at radius 3 is 2.78 bits per heavy atom. The van der Waals surface area contributed by atoms with Crippen molar-refractivity contribution in [1.29, 1.82) is 0 Å². The van der Waals surface area contributed by atoms with E-state index in [9.17, 15) is 4.79 Å². The maximum absolute atomic E-state index is 12.4. The van der Waals surface area contributed by atoms with Crippen molar-refractivity contribution in [3.63, 3.8) is 0 Å². The molecule has 0 saturated carbocycles. The highest BCUT2D eigenvalue weighted by Gasteiger charge is 2.36. The van der Waals surface area contributed by atoms with E-state index in [1.807, 2.05) is 30.3 Å². The maximum Gasteiger partial charge on any atom is 0.321 e. The van der Waals surface area contributed by atoms with Crippen LogP contribution in [0.2, 0.25) is 5.02 Å². The van der Waals surface area contributed by atoms with Crippen molar-refractivity contribution in [2.45, 2.75) is 5.92 Å². The summed E-state index contributed by atoms with van der Waals surface area (Å²) >= 11 is 5.99. The van der Waals surface area contributed by atoms with Gasteiger partial charge in [-0.05, 0) is 18.2 Å². The molecule has 0 unspecified atom stereocenters. The maximum atomic E-state index is 12.4. The van der Waals surface area contributed by atoms with Crippen LogP contribution in [0.4, 0.5) is 10.5 Å². The fraction of sp³-hybridized carbons (Fsp3) is 0.211. The summed E-state index contributed by atoms with van der Waals surface area (Å²) in [5.74, 6) is 1.67. The van der Waals surface area contributed by atoms with Crippen molar-refractivity contribution in [3.8, 4) is 17.1 Å². The second-order valence-corrected chi connectivity index (χ2v) is 6.64. The minimum atomic E-state index is -0.227. The number of aromatic nitrogens is 2. The number of halogens is 1. The van der Waals surface area contributed by atoms with Gasteiger partial charge < -0.3 is 19.5 Å². The van der Waals surface area contributed by atoms with Crippen molar-refractivity contribution >= 4 is 23.3 Å². The van der Waals surface area contributed by atoms with E-state index in [4.69, 9.17) is 20.9 Å². The molecule has 1 saturated heterocycles. The molecule has 1 aliphatic heterocycles. The van der Waals surface area contributed by atoms with E-state index in [2.05, 4.69) is 15.5 Å². The molecule has 0 atom stereocenters. The van der Waals surface area contributed by atoms with Crippen molar-refractivity contribution < 1.29 is 14.1 Å². The van der Waals surface area contributed by atoms with Crippen LogP contribution in [0.25, 0.3) is 11.4 Å². The lowest BCUT2D eigenvalue weighted by Gasteiger charge is -2.36. The third-order valence-corrected chi connectivity index (χ3v) is 4.63. The second-order valence-electron chi connectivity index (χ2n) is 6.20. The van der Waals surface area contributed by atoms with Gasteiger partial charge in [-0.3, -0.25) is 0 Å². The monoisotopic (exact) mass is 384 g/mol. The zero-order chi connectivity index (χ0) is 18.8. The number of methoxy groups -OCH3 is 1.